The Hall–Kier alpha value is -7.35. The fraction of sp³-hybridized carbons (Fsp3) is 0.271. The van der Waals surface area contributed by atoms with Crippen molar-refractivity contribution in [3.05, 3.63) is 192 Å². The molecular weight excluding hydrogens is 897 g/mol. The summed E-state index contributed by atoms with van der Waals surface area (Å²) in [6.45, 7) is 17.6. The maximum Gasteiger partial charge on any atom is 0.333 e. The van der Waals surface area contributed by atoms with Crippen molar-refractivity contribution >= 4 is 52.0 Å². The lowest BCUT2D eigenvalue weighted by molar-refractivity contribution is -0.145. The first kappa shape index (κ1) is 53.0. The van der Waals surface area contributed by atoms with Gasteiger partial charge in [-0.15, -0.1) is 0 Å². The number of carbonyl (C=O) groups is 3. The molecule has 0 heterocycles. The molecule has 0 aliphatic rings. The number of carbonyl (C=O) groups excluding carboxylic acids is 3. The molecule has 71 heavy (non-hydrogen) atoms. The molecule has 0 atom stereocenters. The van der Waals surface area contributed by atoms with Gasteiger partial charge in [0.25, 0.3) is 0 Å². The second kappa shape index (κ2) is 27.2. The third kappa shape index (κ3) is 15.6. The van der Waals surface area contributed by atoms with Gasteiger partial charge in [0.15, 0.2) is 0 Å². The van der Waals surface area contributed by atoms with Gasteiger partial charge in [0, 0.05) is 59.3 Å². The maximum absolute atomic E-state index is 11.7. The van der Waals surface area contributed by atoms with Gasteiger partial charge >= 0.3 is 17.9 Å². The normalized spacial score (nSPS) is 10.9. The molecule has 0 spiro atoms. The molecule has 0 fully saturated rings. The Bertz CT molecular complexity index is 2700. The standard InChI is InChI=1S/C59H64N2O10/c1-8-57(62)69-33-30-66-39-46-12-22-52(23-13-46)61(56-28-18-49(43(5)36-56)40-67-31-34-70-58(63)9-2)54-26-16-48(17-27-54)47-14-24-53(25-15-47)60(51-20-10-45(11-21-51)38-65-7)55-29-19-50(44(6)37-55)41-68-32-35-71-59(64)42(3)4/h8,10-29,36-37H,1,3,9,30-35,38-41H2,2,4-7H3. The lowest BCUT2D eigenvalue weighted by Crippen LogP contribution is -2.12. The molecule has 370 valence electrons. The van der Waals surface area contributed by atoms with Crippen LogP contribution in [0.25, 0.3) is 11.1 Å². The third-order valence-corrected chi connectivity index (χ3v) is 11.5. The van der Waals surface area contributed by atoms with Gasteiger partial charge in [-0.05, 0) is 138 Å². The summed E-state index contributed by atoms with van der Waals surface area (Å²) in [6, 6.07) is 46.3. The van der Waals surface area contributed by atoms with Crippen molar-refractivity contribution in [3.8, 4) is 11.1 Å². The zero-order valence-electron chi connectivity index (χ0n) is 41.4. The zero-order chi connectivity index (χ0) is 50.5. The second-order valence-corrected chi connectivity index (χ2v) is 16.8. The smallest absolute Gasteiger partial charge is 0.333 e. The number of rotatable bonds is 27. The summed E-state index contributed by atoms with van der Waals surface area (Å²) in [5.74, 6) is -1.14. The number of benzene rings is 6. The van der Waals surface area contributed by atoms with E-state index in [1.165, 1.54) is 0 Å². The molecule has 0 aliphatic heterocycles. The van der Waals surface area contributed by atoms with E-state index < -0.39 is 11.9 Å². The number of anilines is 6. The summed E-state index contributed by atoms with van der Waals surface area (Å²) < 4.78 is 38.2. The highest BCUT2D eigenvalue weighted by atomic mass is 16.6. The van der Waals surface area contributed by atoms with Crippen LogP contribution >= 0.6 is 0 Å². The zero-order valence-corrected chi connectivity index (χ0v) is 41.4. The summed E-state index contributed by atoms with van der Waals surface area (Å²) in [5, 5.41) is 0. The topological polar surface area (TPSA) is 122 Å². The molecule has 0 radical (unpaired) electrons. The molecule has 0 unspecified atom stereocenters. The number of hydrogen-bond donors (Lipinski definition) is 0. The van der Waals surface area contributed by atoms with E-state index in [-0.39, 0.29) is 39.0 Å². The van der Waals surface area contributed by atoms with Crippen LogP contribution in [0.4, 0.5) is 34.1 Å². The molecule has 12 heteroatoms. The van der Waals surface area contributed by atoms with Gasteiger partial charge in [0.2, 0.25) is 0 Å². The van der Waals surface area contributed by atoms with Crippen molar-refractivity contribution in [3.63, 3.8) is 0 Å². The van der Waals surface area contributed by atoms with Crippen LogP contribution in [0.5, 0.6) is 0 Å². The van der Waals surface area contributed by atoms with Crippen LogP contribution < -0.4 is 9.80 Å². The van der Waals surface area contributed by atoms with Crippen molar-refractivity contribution < 1.29 is 47.5 Å². The highest BCUT2D eigenvalue weighted by Gasteiger charge is 2.17. The molecule has 0 aromatic heterocycles. The third-order valence-electron chi connectivity index (χ3n) is 11.5. The van der Waals surface area contributed by atoms with Gasteiger partial charge < -0.3 is 43.0 Å². The van der Waals surface area contributed by atoms with Crippen LogP contribution in [-0.2, 0) is 74.0 Å². The SMILES string of the molecule is C=CC(=O)OCCOCc1ccc(N(c2ccc(-c3ccc(N(c4ccc(COC)cc4)c4ccc(COCCOC(=O)C(=C)C)c(C)c4)cc3)cc2)c2ccc(COCCOC(=O)CC)c(C)c2)cc1. The molecule has 0 bridgehead atoms. The van der Waals surface area contributed by atoms with Gasteiger partial charge in [-0.3, -0.25) is 4.79 Å². The van der Waals surface area contributed by atoms with E-state index in [9.17, 15) is 14.4 Å². The van der Waals surface area contributed by atoms with E-state index in [0.29, 0.717) is 45.0 Å². The Morgan fingerprint density at radius 3 is 1.31 bits per heavy atom. The van der Waals surface area contributed by atoms with Crippen LogP contribution in [0.15, 0.2) is 158 Å². The molecular formula is C59H64N2O10. The lowest BCUT2D eigenvalue weighted by Gasteiger charge is -2.27. The molecule has 0 saturated carbocycles. The first-order valence-corrected chi connectivity index (χ1v) is 23.6. The van der Waals surface area contributed by atoms with Gasteiger partial charge in [-0.2, -0.15) is 0 Å². The molecule has 12 nitrogen and oxygen atoms in total. The average molecular weight is 961 g/mol. The first-order chi connectivity index (χ1) is 34.5. The van der Waals surface area contributed by atoms with Crippen molar-refractivity contribution in [1.29, 1.82) is 0 Å². The Morgan fingerprint density at radius 2 is 0.901 bits per heavy atom. The minimum atomic E-state index is -0.477. The molecule has 6 rings (SSSR count). The van der Waals surface area contributed by atoms with E-state index in [1.54, 1.807) is 21.0 Å². The number of methoxy groups -OCH3 is 1. The molecule has 0 aliphatic carbocycles. The quantitative estimate of drug-likeness (QED) is 0.0211. The van der Waals surface area contributed by atoms with Gasteiger partial charge in [0.05, 0.1) is 46.2 Å². The maximum atomic E-state index is 11.7. The van der Waals surface area contributed by atoms with Crippen molar-refractivity contribution in [2.75, 3.05) is 56.6 Å². The Morgan fingerprint density at radius 1 is 0.507 bits per heavy atom. The summed E-state index contributed by atoms with van der Waals surface area (Å²) in [6.07, 6.45) is 1.47. The number of hydrogen-bond acceptors (Lipinski definition) is 12. The lowest BCUT2D eigenvalue weighted by atomic mass is 10.0. The molecule has 0 N–H and O–H groups in total. The van der Waals surface area contributed by atoms with Gasteiger partial charge in [0.1, 0.15) is 19.8 Å². The molecule has 0 amide bonds. The number of aryl methyl sites for hydroxylation is 2. The first-order valence-electron chi connectivity index (χ1n) is 23.6. The van der Waals surface area contributed by atoms with Crippen LogP contribution in [0.2, 0.25) is 0 Å². The number of nitrogens with zero attached hydrogens (tertiary/aromatic N) is 2. The summed E-state index contributed by atoms with van der Waals surface area (Å²) >= 11 is 0. The molecule has 6 aromatic rings. The largest absolute Gasteiger partial charge is 0.463 e. The predicted octanol–water partition coefficient (Wildman–Crippen LogP) is 12.4. The minimum absolute atomic E-state index is 0.151. The fourth-order valence-corrected chi connectivity index (χ4v) is 7.56. The van der Waals surface area contributed by atoms with Crippen molar-refractivity contribution in [2.24, 2.45) is 0 Å². The average Bonchev–Trinajstić information content (AvgIpc) is 3.38. The van der Waals surface area contributed by atoms with Gasteiger partial charge in [-0.25, -0.2) is 9.59 Å². The van der Waals surface area contributed by atoms with Crippen LogP contribution in [0, 0.1) is 13.8 Å². The van der Waals surface area contributed by atoms with Crippen LogP contribution in [0.3, 0.4) is 0 Å². The fourth-order valence-electron chi connectivity index (χ4n) is 7.56. The Kier molecular flexibility index (Phi) is 20.3. The molecule has 0 saturated heterocycles. The van der Waals surface area contributed by atoms with Gasteiger partial charge in [-0.1, -0.05) is 80.7 Å². The van der Waals surface area contributed by atoms with Crippen molar-refractivity contribution in [2.45, 2.75) is 60.5 Å². The number of ether oxygens (including phenoxy) is 7. The van der Waals surface area contributed by atoms with E-state index in [0.717, 1.165) is 84.7 Å². The Labute approximate surface area is 418 Å². The van der Waals surface area contributed by atoms with Crippen molar-refractivity contribution in [1.82, 2.24) is 0 Å². The van der Waals surface area contributed by atoms with E-state index in [4.69, 9.17) is 33.2 Å². The minimum Gasteiger partial charge on any atom is -0.463 e. The van der Waals surface area contributed by atoms with E-state index in [1.807, 2.05) is 12.1 Å². The highest BCUT2D eigenvalue weighted by molar-refractivity contribution is 5.87. The summed E-state index contributed by atoms with van der Waals surface area (Å²) in [7, 11) is 1.69. The van der Waals surface area contributed by atoms with E-state index in [2.05, 4.69) is 158 Å². The van der Waals surface area contributed by atoms with E-state index >= 15 is 0 Å². The van der Waals surface area contributed by atoms with Crippen LogP contribution in [0.1, 0.15) is 53.6 Å². The predicted molar refractivity (Wildman–Crippen MR) is 279 cm³/mol. The number of esters is 3. The monoisotopic (exact) mass is 960 g/mol. The highest BCUT2D eigenvalue weighted by Crippen LogP contribution is 2.39. The molecule has 6 aromatic carbocycles. The van der Waals surface area contributed by atoms with Crippen LogP contribution in [-0.4, -0.2) is 64.7 Å². The second-order valence-electron chi connectivity index (χ2n) is 16.8. The Balaban J connectivity index is 1.22. The summed E-state index contributed by atoms with van der Waals surface area (Å²) in [5.41, 5.74) is 14.6. The summed E-state index contributed by atoms with van der Waals surface area (Å²) in [4.78, 5) is 39.1.